The van der Waals surface area contributed by atoms with E-state index >= 15 is 0 Å². The number of aryl methyl sites for hydroxylation is 1. The maximum atomic E-state index is 12.2. The fourth-order valence-corrected chi connectivity index (χ4v) is 3.54. The molecule has 0 spiro atoms. The number of carbonyl (C=O) groups is 2. The van der Waals surface area contributed by atoms with Crippen LogP contribution in [0.25, 0.3) is 0 Å². The Morgan fingerprint density at radius 3 is 2.61 bits per heavy atom. The quantitative estimate of drug-likeness (QED) is 0.730. The lowest BCUT2D eigenvalue weighted by Crippen LogP contribution is -2.47. The second-order valence-electron chi connectivity index (χ2n) is 6.86. The molecule has 7 heteroatoms. The van der Waals surface area contributed by atoms with Crippen molar-refractivity contribution >= 4 is 23.4 Å². The lowest BCUT2D eigenvalue weighted by molar-refractivity contribution is -0.130. The molecule has 0 fully saturated rings. The number of rotatable bonds is 6. The van der Waals surface area contributed by atoms with Crippen LogP contribution in [0.2, 0.25) is 5.02 Å². The van der Waals surface area contributed by atoms with E-state index in [1.807, 2.05) is 18.0 Å². The van der Waals surface area contributed by atoms with Crippen LogP contribution in [0, 0.1) is 0 Å². The molecule has 148 valence electrons. The van der Waals surface area contributed by atoms with Crippen molar-refractivity contribution in [2.24, 2.45) is 0 Å². The SMILES string of the molecule is CN(CC(=O)NNC(=O)COc1ccc(Cl)cc1)[C@H]1CCCc2ccccc21. The second kappa shape index (κ2) is 9.57. The van der Waals surface area contributed by atoms with Gasteiger partial charge in [0.15, 0.2) is 6.61 Å². The van der Waals surface area contributed by atoms with E-state index in [0.717, 1.165) is 19.3 Å². The third-order valence-corrected chi connectivity index (χ3v) is 5.04. The highest BCUT2D eigenvalue weighted by Crippen LogP contribution is 2.33. The average Bonchev–Trinajstić information content (AvgIpc) is 2.71. The lowest BCUT2D eigenvalue weighted by Gasteiger charge is -2.32. The molecule has 0 saturated heterocycles. The maximum Gasteiger partial charge on any atom is 0.276 e. The van der Waals surface area contributed by atoms with E-state index in [4.69, 9.17) is 16.3 Å². The fraction of sp³-hybridized carbons (Fsp3) is 0.333. The molecule has 2 aromatic carbocycles. The minimum absolute atomic E-state index is 0.192. The van der Waals surface area contributed by atoms with Crippen molar-refractivity contribution in [3.05, 3.63) is 64.7 Å². The number of benzene rings is 2. The van der Waals surface area contributed by atoms with Gasteiger partial charge in [0.1, 0.15) is 5.75 Å². The van der Waals surface area contributed by atoms with Crippen molar-refractivity contribution in [3.8, 4) is 5.75 Å². The Labute approximate surface area is 169 Å². The fourth-order valence-electron chi connectivity index (χ4n) is 3.42. The van der Waals surface area contributed by atoms with Crippen molar-refractivity contribution in [3.63, 3.8) is 0 Å². The molecule has 1 atom stereocenters. The van der Waals surface area contributed by atoms with Crippen LogP contribution in [0.15, 0.2) is 48.5 Å². The van der Waals surface area contributed by atoms with Crippen molar-refractivity contribution in [1.29, 1.82) is 0 Å². The molecule has 0 saturated carbocycles. The Kier molecular flexibility index (Phi) is 6.90. The largest absolute Gasteiger partial charge is 0.484 e. The number of halogens is 1. The summed E-state index contributed by atoms with van der Waals surface area (Å²) < 4.78 is 5.34. The normalized spacial score (nSPS) is 15.6. The van der Waals surface area contributed by atoms with Crippen LogP contribution in [-0.2, 0) is 16.0 Å². The van der Waals surface area contributed by atoms with Crippen molar-refractivity contribution < 1.29 is 14.3 Å². The Balaban J connectivity index is 1.43. The van der Waals surface area contributed by atoms with E-state index in [-0.39, 0.29) is 25.1 Å². The highest BCUT2D eigenvalue weighted by molar-refractivity contribution is 6.30. The summed E-state index contributed by atoms with van der Waals surface area (Å²) in [5, 5.41) is 0.591. The van der Waals surface area contributed by atoms with Crippen LogP contribution in [0.3, 0.4) is 0 Å². The maximum absolute atomic E-state index is 12.2. The molecule has 0 unspecified atom stereocenters. The molecule has 3 rings (SSSR count). The lowest BCUT2D eigenvalue weighted by atomic mass is 9.87. The van der Waals surface area contributed by atoms with E-state index in [2.05, 4.69) is 29.1 Å². The number of amides is 2. The van der Waals surface area contributed by atoms with E-state index < -0.39 is 5.91 Å². The highest BCUT2D eigenvalue weighted by Gasteiger charge is 2.24. The Morgan fingerprint density at radius 2 is 1.82 bits per heavy atom. The monoisotopic (exact) mass is 401 g/mol. The standard InChI is InChI=1S/C21H24ClN3O3/c1-25(19-8-4-6-15-5-2-3-7-18(15)19)13-20(26)23-24-21(27)14-28-17-11-9-16(22)10-12-17/h2-3,5,7,9-12,19H,4,6,8,13-14H2,1H3,(H,23,26)(H,24,27)/t19-/m0/s1. The number of ether oxygens (including phenoxy) is 1. The smallest absolute Gasteiger partial charge is 0.276 e. The van der Waals surface area contributed by atoms with Crippen LogP contribution < -0.4 is 15.6 Å². The molecule has 1 aliphatic rings. The molecule has 2 amide bonds. The minimum Gasteiger partial charge on any atom is -0.484 e. The van der Waals surface area contributed by atoms with Gasteiger partial charge < -0.3 is 4.74 Å². The van der Waals surface area contributed by atoms with Crippen LogP contribution in [-0.4, -0.2) is 36.9 Å². The molecule has 28 heavy (non-hydrogen) atoms. The zero-order valence-corrected chi connectivity index (χ0v) is 16.5. The van der Waals surface area contributed by atoms with E-state index in [1.54, 1.807) is 24.3 Å². The summed E-state index contributed by atoms with van der Waals surface area (Å²) in [7, 11) is 1.93. The molecule has 0 aliphatic heterocycles. The zero-order valence-electron chi connectivity index (χ0n) is 15.8. The van der Waals surface area contributed by atoms with Gasteiger partial charge in [-0.15, -0.1) is 0 Å². The predicted molar refractivity (Wildman–Crippen MR) is 108 cm³/mol. The first-order valence-electron chi connectivity index (χ1n) is 9.27. The van der Waals surface area contributed by atoms with E-state index in [0.29, 0.717) is 10.8 Å². The molecule has 2 N–H and O–H groups in total. The van der Waals surface area contributed by atoms with Gasteiger partial charge in [-0.2, -0.15) is 0 Å². The van der Waals surface area contributed by atoms with Crippen molar-refractivity contribution in [1.82, 2.24) is 15.8 Å². The number of nitrogens with zero attached hydrogens (tertiary/aromatic N) is 1. The topological polar surface area (TPSA) is 70.7 Å². The molecular formula is C21H24ClN3O3. The summed E-state index contributed by atoms with van der Waals surface area (Å²) in [5.74, 6) is -0.180. The number of hydrogen-bond donors (Lipinski definition) is 2. The summed E-state index contributed by atoms with van der Waals surface area (Å²) in [6.45, 7) is -0.00885. The Morgan fingerprint density at radius 1 is 1.11 bits per heavy atom. The Hall–Kier alpha value is -2.57. The van der Waals surface area contributed by atoms with E-state index in [1.165, 1.54) is 11.1 Å². The first-order chi connectivity index (χ1) is 13.5. The van der Waals surface area contributed by atoms with Crippen LogP contribution in [0.5, 0.6) is 5.75 Å². The van der Waals surface area contributed by atoms with Gasteiger partial charge in [-0.1, -0.05) is 35.9 Å². The molecule has 1 aliphatic carbocycles. The summed E-state index contributed by atoms with van der Waals surface area (Å²) in [6.07, 6.45) is 3.20. The number of fused-ring (bicyclic) bond motifs is 1. The Bertz CT molecular complexity index is 826. The van der Waals surface area contributed by atoms with Gasteiger partial charge in [0.25, 0.3) is 11.8 Å². The first-order valence-corrected chi connectivity index (χ1v) is 9.65. The molecule has 0 heterocycles. The molecule has 0 radical (unpaired) electrons. The highest BCUT2D eigenvalue weighted by atomic mass is 35.5. The van der Waals surface area contributed by atoms with Gasteiger partial charge >= 0.3 is 0 Å². The van der Waals surface area contributed by atoms with Crippen LogP contribution in [0.1, 0.15) is 30.0 Å². The van der Waals surface area contributed by atoms with Crippen LogP contribution >= 0.6 is 11.6 Å². The summed E-state index contributed by atoms with van der Waals surface area (Å²) in [6, 6.07) is 15.3. The third-order valence-electron chi connectivity index (χ3n) is 4.79. The molecule has 2 aromatic rings. The molecule has 6 nitrogen and oxygen atoms in total. The third kappa shape index (κ3) is 5.47. The van der Waals surface area contributed by atoms with Crippen LogP contribution in [0.4, 0.5) is 0 Å². The summed E-state index contributed by atoms with van der Waals surface area (Å²) in [4.78, 5) is 26.1. The van der Waals surface area contributed by atoms with Gasteiger partial charge in [0.05, 0.1) is 6.54 Å². The van der Waals surface area contributed by atoms with E-state index in [9.17, 15) is 9.59 Å². The number of carbonyl (C=O) groups excluding carboxylic acids is 2. The second-order valence-corrected chi connectivity index (χ2v) is 7.30. The summed E-state index contributed by atoms with van der Waals surface area (Å²) in [5.41, 5.74) is 7.44. The number of nitrogens with one attached hydrogen (secondary N) is 2. The predicted octanol–water partition coefficient (Wildman–Crippen LogP) is 2.88. The molecular weight excluding hydrogens is 378 g/mol. The molecule has 0 bridgehead atoms. The van der Waals surface area contributed by atoms with Gasteiger partial charge in [0, 0.05) is 11.1 Å². The first kappa shape index (κ1) is 20.2. The minimum atomic E-state index is -0.436. The van der Waals surface area contributed by atoms with Gasteiger partial charge in [-0.05, 0) is 61.7 Å². The van der Waals surface area contributed by atoms with Gasteiger partial charge in [-0.25, -0.2) is 0 Å². The molecule has 0 aromatic heterocycles. The number of hydrogen-bond acceptors (Lipinski definition) is 4. The van der Waals surface area contributed by atoms with Gasteiger partial charge in [-0.3, -0.25) is 25.3 Å². The van der Waals surface area contributed by atoms with Gasteiger partial charge in [0.2, 0.25) is 0 Å². The van der Waals surface area contributed by atoms with Crippen molar-refractivity contribution in [2.75, 3.05) is 20.2 Å². The average molecular weight is 402 g/mol. The zero-order chi connectivity index (χ0) is 19.9. The number of likely N-dealkylation sites (N-methyl/N-ethyl adjacent to an activating group) is 1. The van der Waals surface area contributed by atoms with Crippen molar-refractivity contribution in [2.45, 2.75) is 25.3 Å². The summed E-state index contributed by atoms with van der Waals surface area (Å²) >= 11 is 5.80. The number of hydrazine groups is 1.